The van der Waals surface area contributed by atoms with Crippen molar-refractivity contribution in [2.24, 2.45) is 0 Å². The van der Waals surface area contributed by atoms with Crippen molar-refractivity contribution >= 4 is 35.0 Å². The van der Waals surface area contributed by atoms with Crippen LogP contribution in [0.15, 0.2) is 63.9 Å². The quantitative estimate of drug-likeness (QED) is 0.316. The maximum Gasteiger partial charge on any atom is 0.373 e. The van der Waals surface area contributed by atoms with Crippen molar-refractivity contribution in [3.8, 4) is 11.5 Å². The van der Waals surface area contributed by atoms with E-state index in [1.807, 2.05) is 0 Å². The first-order valence-electron chi connectivity index (χ1n) is 10.4. The summed E-state index contributed by atoms with van der Waals surface area (Å²) < 4.78 is 34.3. The molecule has 10 heteroatoms. The minimum absolute atomic E-state index is 0.0506. The molecule has 0 atom stereocenters. The highest BCUT2D eigenvalue weighted by Crippen LogP contribution is 2.35. The van der Waals surface area contributed by atoms with E-state index in [4.69, 9.17) is 13.9 Å². The zero-order chi connectivity index (χ0) is 24.9. The highest BCUT2D eigenvalue weighted by molar-refractivity contribution is 8.18. The third-order valence-electron chi connectivity index (χ3n) is 5.03. The average molecular weight is 498 g/mol. The van der Waals surface area contributed by atoms with Crippen molar-refractivity contribution in [3.63, 3.8) is 0 Å². The number of rotatable bonds is 8. The van der Waals surface area contributed by atoms with Gasteiger partial charge in [-0.25, -0.2) is 9.18 Å². The van der Waals surface area contributed by atoms with Crippen LogP contribution in [0.2, 0.25) is 0 Å². The van der Waals surface area contributed by atoms with Gasteiger partial charge in [-0.3, -0.25) is 14.5 Å². The minimum atomic E-state index is -0.583. The van der Waals surface area contributed by atoms with Crippen molar-refractivity contribution in [2.45, 2.75) is 13.2 Å². The molecule has 2 amide bonds. The second-order valence-electron chi connectivity index (χ2n) is 7.35. The van der Waals surface area contributed by atoms with Gasteiger partial charge in [0.15, 0.2) is 11.5 Å². The van der Waals surface area contributed by atoms with E-state index >= 15 is 0 Å². The zero-order valence-electron chi connectivity index (χ0n) is 18.8. The molecular weight excluding hydrogens is 477 g/mol. The summed E-state index contributed by atoms with van der Waals surface area (Å²) in [5, 5.41) is -0.401. The molecule has 1 aromatic heterocycles. The van der Waals surface area contributed by atoms with Crippen LogP contribution in [0.4, 0.5) is 9.18 Å². The monoisotopic (exact) mass is 497 g/mol. The van der Waals surface area contributed by atoms with Gasteiger partial charge in [-0.15, -0.1) is 0 Å². The highest BCUT2D eigenvalue weighted by Gasteiger charge is 2.35. The molecule has 1 fully saturated rings. The maximum atomic E-state index is 13.1. The Morgan fingerprint density at radius 3 is 2.54 bits per heavy atom. The van der Waals surface area contributed by atoms with Gasteiger partial charge in [-0.1, -0.05) is 18.2 Å². The Hall–Kier alpha value is -4.05. The number of hydrogen-bond donors (Lipinski definition) is 0. The number of thioether (sulfide) groups is 1. The SMILES string of the molecule is COC(=O)c1ccc(COc2ccc(/C=C3/SC(=O)N(Cc4ccc(F)cc4)C3=O)cc2OC)o1. The average Bonchev–Trinajstić information content (AvgIpc) is 3.44. The standard InChI is InChI=1S/C25H20FNO7S/c1-31-21-11-16(5-9-19(21)33-14-18-8-10-20(34-18)24(29)32-2)12-22-23(28)27(25(30)35-22)13-15-3-6-17(26)7-4-15/h3-12H,13-14H2,1-2H3/b22-12+. The summed E-state index contributed by atoms with van der Waals surface area (Å²) >= 11 is 0.833. The largest absolute Gasteiger partial charge is 0.493 e. The number of amides is 2. The molecule has 2 heterocycles. The lowest BCUT2D eigenvalue weighted by atomic mass is 10.1. The molecule has 0 N–H and O–H groups in total. The van der Waals surface area contributed by atoms with Gasteiger partial charge in [-0.2, -0.15) is 0 Å². The first-order valence-corrected chi connectivity index (χ1v) is 11.2. The van der Waals surface area contributed by atoms with E-state index in [1.165, 1.54) is 44.6 Å². The van der Waals surface area contributed by atoms with Crippen LogP contribution >= 0.6 is 11.8 Å². The number of hydrogen-bond acceptors (Lipinski definition) is 8. The zero-order valence-corrected chi connectivity index (χ0v) is 19.6. The number of esters is 1. The summed E-state index contributed by atoms with van der Waals surface area (Å²) in [4.78, 5) is 38.1. The summed E-state index contributed by atoms with van der Waals surface area (Å²) in [6.07, 6.45) is 1.59. The molecule has 8 nitrogen and oxygen atoms in total. The molecule has 4 rings (SSSR count). The van der Waals surface area contributed by atoms with Crippen molar-refractivity contribution in [2.75, 3.05) is 14.2 Å². The fourth-order valence-corrected chi connectivity index (χ4v) is 4.11. The molecule has 180 valence electrons. The Bertz CT molecular complexity index is 1300. The van der Waals surface area contributed by atoms with Crippen LogP contribution in [0.1, 0.15) is 27.4 Å². The van der Waals surface area contributed by atoms with Crippen LogP contribution in [0, 0.1) is 5.82 Å². The molecule has 0 spiro atoms. The van der Waals surface area contributed by atoms with Gasteiger partial charge in [0.2, 0.25) is 5.76 Å². The van der Waals surface area contributed by atoms with Gasteiger partial charge < -0.3 is 18.6 Å². The smallest absolute Gasteiger partial charge is 0.373 e. The number of methoxy groups -OCH3 is 2. The predicted molar refractivity (Wildman–Crippen MR) is 125 cm³/mol. The van der Waals surface area contributed by atoms with E-state index in [9.17, 15) is 18.8 Å². The predicted octanol–water partition coefficient (Wildman–Crippen LogP) is 5.03. The Morgan fingerprint density at radius 2 is 1.83 bits per heavy atom. The topological polar surface area (TPSA) is 95.3 Å². The molecule has 1 aliphatic heterocycles. The van der Waals surface area contributed by atoms with Crippen LogP contribution in [-0.4, -0.2) is 36.2 Å². The van der Waals surface area contributed by atoms with E-state index in [2.05, 4.69) is 4.74 Å². The summed E-state index contributed by atoms with van der Waals surface area (Å²) in [6.45, 7) is 0.109. The minimum Gasteiger partial charge on any atom is -0.493 e. The number of ether oxygens (including phenoxy) is 3. The molecule has 1 saturated heterocycles. The van der Waals surface area contributed by atoms with Crippen LogP contribution in [0.25, 0.3) is 6.08 Å². The van der Waals surface area contributed by atoms with Gasteiger partial charge in [0.05, 0.1) is 25.7 Å². The van der Waals surface area contributed by atoms with Gasteiger partial charge in [-0.05, 0) is 65.4 Å². The number of imide groups is 1. The summed E-state index contributed by atoms with van der Waals surface area (Å²) in [5.74, 6) is -0.0790. The lowest BCUT2D eigenvalue weighted by Crippen LogP contribution is -2.27. The molecule has 3 aromatic rings. The van der Waals surface area contributed by atoms with E-state index in [0.717, 1.165) is 16.7 Å². The van der Waals surface area contributed by atoms with Crippen LogP contribution in [0.5, 0.6) is 11.5 Å². The van der Waals surface area contributed by atoms with Crippen LogP contribution in [0.3, 0.4) is 0 Å². The molecule has 0 saturated carbocycles. The third kappa shape index (κ3) is 5.55. The van der Waals surface area contributed by atoms with Gasteiger partial charge in [0, 0.05) is 0 Å². The maximum absolute atomic E-state index is 13.1. The van der Waals surface area contributed by atoms with Gasteiger partial charge in [0.1, 0.15) is 18.2 Å². The Balaban J connectivity index is 1.45. The van der Waals surface area contributed by atoms with Crippen molar-refractivity contribution in [3.05, 3.63) is 88.0 Å². The Labute approximate surface area is 204 Å². The number of nitrogens with zero attached hydrogens (tertiary/aromatic N) is 1. The fraction of sp³-hybridized carbons (Fsp3) is 0.160. The van der Waals surface area contributed by atoms with Gasteiger partial charge in [0.25, 0.3) is 11.1 Å². The van der Waals surface area contributed by atoms with E-state index in [0.29, 0.717) is 28.4 Å². The molecule has 0 radical (unpaired) electrons. The first kappa shape index (κ1) is 24.1. The third-order valence-corrected chi connectivity index (χ3v) is 5.94. The normalized spacial score (nSPS) is 14.5. The molecule has 0 unspecified atom stereocenters. The van der Waals surface area contributed by atoms with Crippen molar-refractivity contribution < 1.29 is 37.4 Å². The van der Waals surface area contributed by atoms with E-state index in [1.54, 1.807) is 30.3 Å². The molecule has 2 aromatic carbocycles. The number of halogens is 1. The molecule has 0 aliphatic carbocycles. The molecule has 0 bridgehead atoms. The van der Waals surface area contributed by atoms with Crippen molar-refractivity contribution in [1.82, 2.24) is 4.90 Å². The summed E-state index contributed by atoms with van der Waals surface area (Å²) in [7, 11) is 2.74. The second kappa shape index (κ2) is 10.5. The molecular formula is C25H20FNO7S. The Morgan fingerprint density at radius 1 is 1.06 bits per heavy atom. The van der Waals surface area contributed by atoms with E-state index < -0.39 is 17.1 Å². The second-order valence-corrected chi connectivity index (χ2v) is 8.34. The number of carbonyl (C=O) groups excluding carboxylic acids is 3. The molecule has 35 heavy (non-hydrogen) atoms. The lowest BCUT2D eigenvalue weighted by Gasteiger charge is -2.12. The van der Waals surface area contributed by atoms with Gasteiger partial charge >= 0.3 is 5.97 Å². The summed E-state index contributed by atoms with van der Waals surface area (Å²) in [5.41, 5.74) is 1.28. The lowest BCUT2D eigenvalue weighted by molar-refractivity contribution is -0.123. The Kier molecular flexibility index (Phi) is 7.21. The number of furan rings is 1. The van der Waals surface area contributed by atoms with E-state index in [-0.39, 0.29) is 29.6 Å². The number of carbonyl (C=O) groups is 3. The molecule has 1 aliphatic rings. The fourth-order valence-electron chi connectivity index (χ4n) is 3.27. The van der Waals surface area contributed by atoms with Crippen LogP contribution in [-0.2, 0) is 22.7 Å². The number of benzene rings is 2. The highest BCUT2D eigenvalue weighted by atomic mass is 32.2. The summed E-state index contributed by atoms with van der Waals surface area (Å²) in [6, 6.07) is 13.8. The van der Waals surface area contributed by atoms with Crippen LogP contribution < -0.4 is 9.47 Å². The first-order chi connectivity index (χ1) is 16.9. The van der Waals surface area contributed by atoms with Crippen molar-refractivity contribution in [1.29, 1.82) is 0 Å².